The third-order valence-corrected chi connectivity index (χ3v) is 6.39. The van der Waals surface area contributed by atoms with Crippen molar-refractivity contribution in [1.82, 2.24) is 0 Å². The topological polar surface area (TPSA) is 51.2 Å². The van der Waals surface area contributed by atoms with E-state index in [1.54, 1.807) is 37.3 Å². The molecule has 0 aromatic heterocycles. The van der Waals surface area contributed by atoms with Crippen LogP contribution in [0.15, 0.2) is 96.6 Å². The van der Waals surface area contributed by atoms with Gasteiger partial charge in [-0.25, -0.2) is 0 Å². The van der Waals surface area contributed by atoms with Crippen molar-refractivity contribution in [2.45, 2.75) is 12.3 Å². The SMILES string of the molecule is CC1=CC2(c3ccccc3C1=O)C(C(=O)c1ccccc1)C2C(=O)c1ccccc1. The van der Waals surface area contributed by atoms with Gasteiger partial charge in [-0.1, -0.05) is 91.0 Å². The summed E-state index contributed by atoms with van der Waals surface area (Å²) in [5.41, 5.74) is 2.35. The Labute approximate surface area is 175 Å². The molecule has 1 saturated carbocycles. The normalized spacial score (nSPS) is 24.2. The maximum Gasteiger partial charge on any atom is 0.188 e. The zero-order valence-corrected chi connectivity index (χ0v) is 16.5. The quantitative estimate of drug-likeness (QED) is 0.582. The molecule has 3 heteroatoms. The fourth-order valence-electron chi connectivity index (χ4n) is 5.00. The second kappa shape index (κ2) is 6.74. The van der Waals surface area contributed by atoms with Crippen molar-refractivity contribution in [3.63, 3.8) is 0 Å². The molecule has 0 N–H and O–H groups in total. The molecule has 3 nitrogen and oxygen atoms in total. The van der Waals surface area contributed by atoms with E-state index >= 15 is 0 Å². The fourth-order valence-corrected chi connectivity index (χ4v) is 5.00. The van der Waals surface area contributed by atoms with E-state index in [0.717, 1.165) is 5.56 Å². The molecule has 0 saturated heterocycles. The number of ketones is 3. The summed E-state index contributed by atoms with van der Waals surface area (Å²) in [5, 5.41) is 0. The lowest BCUT2D eigenvalue weighted by Gasteiger charge is -2.24. The Kier molecular flexibility index (Phi) is 4.14. The summed E-state index contributed by atoms with van der Waals surface area (Å²) in [4.78, 5) is 39.9. The minimum Gasteiger partial charge on any atom is -0.294 e. The Morgan fingerprint density at radius 1 is 0.700 bits per heavy atom. The number of hydrogen-bond donors (Lipinski definition) is 0. The van der Waals surface area contributed by atoms with Gasteiger partial charge in [0.25, 0.3) is 0 Å². The molecule has 0 aliphatic heterocycles. The van der Waals surface area contributed by atoms with Crippen molar-refractivity contribution in [3.8, 4) is 0 Å². The number of hydrogen-bond acceptors (Lipinski definition) is 3. The average molecular weight is 392 g/mol. The van der Waals surface area contributed by atoms with Crippen LogP contribution in [0, 0.1) is 11.8 Å². The molecule has 5 rings (SSSR count). The lowest BCUT2D eigenvalue weighted by Crippen LogP contribution is -2.24. The zero-order valence-electron chi connectivity index (χ0n) is 16.5. The van der Waals surface area contributed by atoms with Crippen LogP contribution >= 0.6 is 0 Å². The van der Waals surface area contributed by atoms with E-state index in [0.29, 0.717) is 22.3 Å². The van der Waals surface area contributed by atoms with Crippen LogP contribution in [-0.4, -0.2) is 17.3 Å². The van der Waals surface area contributed by atoms with Crippen LogP contribution in [0.3, 0.4) is 0 Å². The van der Waals surface area contributed by atoms with Gasteiger partial charge in [-0.05, 0) is 18.1 Å². The lowest BCUT2D eigenvalue weighted by atomic mass is 9.77. The molecule has 1 fully saturated rings. The van der Waals surface area contributed by atoms with E-state index in [1.165, 1.54) is 0 Å². The Balaban J connectivity index is 1.69. The van der Waals surface area contributed by atoms with Crippen LogP contribution in [-0.2, 0) is 5.41 Å². The number of carbonyl (C=O) groups is 3. The largest absolute Gasteiger partial charge is 0.294 e. The Morgan fingerprint density at radius 2 is 1.17 bits per heavy atom. The highest BCUT2D eigenvalue weighted by Crippen LogP contribution is 2.65. The maximum atomic E-state index is 13.6. The Hall–Kier alpha value is -3.59. The van der Waals surface area contributed by atoms with E-state index in [2.05, 4.69) is 0 Å². The fraction of sp³-hybridized carbons (Fsp3) is 0.148. The second-order valence-corrected chi connectivity index (χ2v) is 8.05. The molecule has 0 heterocycles. The van der Waals surface area contributed by atoms with E-state index < -0.39 is 17.3 Å². The van der Waals surface area contributed by atoms with Gasteiger partial charge in [-0.15, -0.1) is 0 Å². The van der Waals surface area contributed by atoms with Crippen LogP contribution in [0.2, 0.25) is 0 Å². The number of carbonyl (C=O) groups excluding carboxylic acids is 3. The molecule has 2 unspecified atom stereocenters. The van der Waals surface area contributed by atoms with Gasteiger partial charge in [-0.2, -0.15) is 0 Å². The first-order valence-corrected chi connectivity index (χ1v) is 10.1. The third kappa shape index (κ3) is 2.55. The van der Waals surface area contributed by atoms with Crippen LogP contribution < -0.4 is 0 Å². The van der Waals surface area contributed by atoms with E-state index in [4.69, 9.17) is 0 Å². The predicted molar refractivity (Wildman–Crippen MR) is 115 cm³/mol. The summed E-state index contributed by atoms with van der Waals surface area (Å²) in [6.07, 6.45) is 1.87. The predicted octanol–water partition coefficient (Wildman–Crippen LogP) is 5.08. The molecule has 0 radical (unpaired) electrons. The van der Waals surface area contributed by atoms with Crippen LogP contribution in [0.25, 0.3) is 0 Å². The maximum absolute atomic E-state index is 13.6. The molecule has 3 aromatic carbocycles. The van der Waals surface area contributed by atoms with Gasteiger partial charge < -0.3 is 0 Å². The van der Waals surface area contributed by atoms with Crippen molar-refractivity contribution in [2.24, 2.45) is 11.8 Å². The molecule has 1 spiro atoms. The molecule has 0 bridgehead atoms. The minimum absolute atomic E-state index is 0.0417. The summed E-state index contributed by atoms with van der Waals surface area (Å²) < 4.78 is 0. The number of benzene rings is 3. The highest BCUT2D eigenvalue weighted by Gasteiger charge is 2.71. The van der Waals surface area contributed by atoms with Crippen molar-refractivity contribution in [2.75, 3.05) is 0 Å². The highest BCUT2D eigenvalue weighted by atomic mass is 16.1. The first kappa shape index (κ1) is 18.4. The molecule has 2 aliphatic carbocycles. The summed E-state index contributed by atoms with van der Waals surface area (Å²) >= 11 is 0. The first-order valence-electron chi connectivity index (χ1n) is 10.1. The number of allylic oxidation sites excluding steroid dienone is 2. The zero-order chi connectivity index (χ0) is 20.9. The van der Waals surface area contributed by atoms with Gasteiger partial charge in [0.2, 0.25) is 0 Å². The van der Waals surface area contributed by atoms with E-state index in [-0.39, 0.29) is 17.3 Å². The molecular weight excluding hydrogens is 372 g/mol. The summed E-state index contributed by atoms with van der Waals surface area (Å²) in [6, 6.07) is 25.6. The molecule has 146 valence electrons. The molecule has 3 aromatic rings. The van der Waals surface area contributed by atoms with Gasteiger partial charge in [0, 0.05) is 33.9 Å². The summed E-state index contributed by atoms with van der Waals surface area (Å²) in [5.74, 6) is -1.22. The van der Waals surface area contributed by atoms with E-state index in [9.17, 15) is 14.4 Å². The Bertz CT molecular complexity index is 1150. The smallest absolute Gasteiger partial charge is 0.188 e. The van der Waals surface area contributed by atoms with Gasteiger partial charge in [0.05, 0.1) is 0 Å². The standard InChI is InChI=1S/C27H20O3/c1-17-16-27(21-15-9-8-14-20(21)24(17)28)22(25(29)18-10-4-2-5-11-18)23(27)26(30)19-12-6-3-7-13-19/h2-16,22-23H,1H3. The average Bonchev–Trinajstić information content (AvgIpc) is 3.46. The third-order valence-electron chi connectivity index (χ3n) is 6.39. The Morgan fingerprint density at radius 3 is 1.70 bits per heavy atom. The summed E-state index contributed by atoms with van der Waals surface area (Å²) in [6.45, 7) is 1.77. The molecular formula is C27H20O3. The number of Topliss-reactive ketones (excluding diaryl/α,β-unsaturated/α-hetero) is 3. The lowest BCUT2D eigenvalue weighted by molar-refractivity contribution is 0.0906. The van der Waals surface area contributed by atoms with Gasteiger partial charge in [0.1, 0.15) is 0 Å². The van der Waals surface area contributed by atoms with Crippen molar-refractivity contribution >= 4 is 17.3 Å². The van der Waals surface area contributed by atoms with Gasteiger partial charge >= 0.3 is 0 Å². The monoisotopic (exact) mass is 392 g/mol. The van der Waals surface area contributed by atoms with Gasteiger partial charge in [-0.3, -0.25) is 14.4 Å². The van der Waals surface area contributed by atoms with Gasteiger partial charge in [0.15, 0.2) is 17.3 Å². The van der Waals surface area contributed by atoms with Crippen LogP contribution in [0.4, 0.5) is 0 Å². The first-order chi connectivity index (χ1) is 14.6. The number of fused-ring (bicyclic) bond motifs is 2. The molecule has 30 heavy (non-hydrogen) atoms. The second-order valence-electron chi connectivity index (χ2n) is 8.05. The van der Waals surface area contributed by atoms with E-state index in [1.807, 2.05) is 60.7 Å². The van der Waals surface area contributed by atoms with Crippen molar-refractivity contribution in [1.29, 1.82) is 0 Å². The molecule has 2 atom stereocenters. The van der Waals surface area contributed by atoms with Crippen molar-refractivity contribution in [3.05, 3.63) is 119 Å². The van der Waals surface area contributed by atoms with Crippen LogP contribution in [0.1, 0.15) is 43.6 Å². The van der Waals surface area contributed by atoms with Crippen molar-refractivity contribution < 1.29 is 14.4 Å². The van der Waals surface area contributed by atoms with Crippen LogP contribution in [0.5, 0.6) is 0 Å². The summed E-state index contributed by atoms with van der Waals surface area (Å²) in [7, 11) is 0. The molecule has 2 aliphatic rings. The minimum atomic E-state index is -0.783. The number of rotatable bonds is 4. The molecule has 0 amide bonds. The highest BCUT2D eigenvalue weighted by molar-refractivity contribution is 6.16.